The minimum Gasteiger partial charge on any atom is -0.236 e. The van der Waals surface area contributed by atoms with Crippen molar-refractivity contribution in [2.75, 3.05) is 6.61 Å². The van der Waals surface area contributed by atoms with Crippen LogP contribution in [0.3, 0.4) is 0 Å². The highest BCUT2D eigenvalue weighted by Gasteiger charge is 1.69. The molecule has 0 rings (SSSR count). The number of rotatable bonds is 2. The Hall–Kier alpha value is -0.370. The van der Waals surface area contributed by atoms with Crippen molar-refractivity contribution >= 4 is 0 Å². The monoisotopic (exact) mass is 89.0 g/mol. The van der Waals surface area contributed by atoms with E-state index in [-0.39, 0.29) is 6.61 Å². The van der Waals surface area contributed by atoms with Crippen LogP contribution < -0.4 is 0 Å². The standard InChI is InChI=1S/C4H6FO/c5-3-1-2-4-6/h1,3H,2,4H2/b3-1+. The second-order valence-electron chi connectivity index (χ2n) is 0.854. The molecule has 0 heterocycles. The number of halogens is 1. The Balaban J connectivity index is 2.66. The zero-order chi connectivity index (χ0) is 4.83. The van der Waals surface area contributed by atoms with Crippen molar-refractivity contribution in [1.82, 2.24) is 0 Å². The van der Waals surface area contributed by atoms with E-state index in [0.29, 0.717) is 12.8 Å². The highest BCUT2D eigenvalue weighted by molar-refractivity contribution is 4.69. The topological polar surface area (TPSA) is 19.9 Å². The van der Waals surface area contributed by atoms with Gasteiger partial charge < -0.3 is 0 Å². The molecule has 0 aromatic carbocycles. The van der Waals surface area contributed by atoms with Crippen LogP contribution in [-0.4, -0.2) is 6.61 Å². The molecule has 6 heavy (non-hydrogen) atoms. The van der Waals surface area contributed by atoms with Crippen molar-refractivity contribution in [3.8, 4) is 0 Å². The third-order valence-corrected chi connectivity index (χ3v) is 0.374. The van der Waals surface area contributed by atoms with Gasteiger partial charge in [0.1, 0.15) is 0 Å². The Bertz CT molecular complexity index is 42.8. The first-order valence-corrected chi connectivity index (χ1v) is 1.75. The summed E-state index contributed by atoms with van der Waals surface area (Å²) in [6.45, 7) is -0.222. The summed E-state index contributed by atoms with van der Waals surface area (Å²) in [4.78, 5) is 0. The lowest BCUT2D eigenvalue weighted by atomic mass is 10.5. The Morgan fingerprint density at radius 2 is 2.33 bits per heavy atom. The van der Waals surface area contributed by atoms with Gasteiger partial charge in [-0.1, -0.05) is 6.08 Å². The summed E-state index contributed by atoms with van der Waals surface area (Å²) in [5.74, 6) is 0. The maximum absolute atomic E-state index is 10.9. The van der Waals surface area contributed by atoms with Crippen molar-refractivity contribution < 1.29 is 9.50 Å². The van der Waals surface area contributed by atoms with E-state index in [2.05, 4.69) is 0 Å². The maximum atomic E-state index is 10.9. The summed E-state index contributed by atoms with van der Waals surface area (Å²) in [5.41, 5.74) is 0. The van der Waals surface area contributed by atoms with Crippen molar-refractivity contribution in [2.45, 2.75) is 6.42 Å². The van der Waals surface area contributed by atoms with E-state index in [1.807, 2.05) is 0 Å². The van der Waals surface area contributed by atoms with Gasteiger partial charge in [0.2, 0.25) is 0 Å². The first-order valence-electron chi connectivity index (χ1n) is 1.75. The molecule has 0 atom stereocenters. The van der Waals surface area contributed by atoms with Crippen LogP contribution in [-0.2, 0) is 5.11 Å². The van der Waals surface area contributed by atoms with E-state index in [9.17, 15) is 9.50 Å². The quantitative estimate of drug-likeness (QED) is 0.485. The van der Waals surface area contributed by atoms with E-state index in [4.69, 9.17) is 0 Å². The highest BCUT2D eigenvalue weighted by atomic mass is 19.1. The van der Waals surface area contributed by atoms with Crippen LogP contribution in [0.5, 0.6) is 0 Å². The van der Waals surface area contributed by atoms with E-state index >= 15 is 0 Å². The van der Waals surface area contributed by atoms with E-state index < -0.39 is 0 Å². The second kappa shape index (κ2) is 4.63. The minimum absolute atomic E-state index is 0.222. The minimum atomic E-state index is -0.222. The molecule has 0 aromatic rings. The van der Waals surface area contributed by atoms with Crippen molar-refractivity contribution in [2.24, 2.45) is 0 Å². The molecule has 2 heteroatoms. The predicted molar refractivity (Wildman–Crippen MR) is 20.4 cm³/mol. The Morgan fingerprint density at radius 3 is 2.50 bits per heavy atom. The van der Waals surface area contributed by atoms with E-state index in [0.717, 1.165) is 0 Å². The van der Waals surface area contributed by atoms with Crippen molar-refractivity contribution in [3.05, 3.63) is 12.4 Å². The van der Waals surface area contributed by atoms with Gasteiger partial charge in [0.15, 0.2) is 0 Å². The zero-order valence-electron chi connectivity index (χ0n) is 3.36. The van der Waals surface area contributed by atoms with Gasteiger partial charge >= 0.3 is 0 Å². The SMILES string of the molecule is [O]CC/C=C/F. The first kappa shape index (κ1) is 5.63. The summed E-state index contributed by atoms with van der Waals surface area (Å²) >= 11 is 0. The van der Waals surface area contributed by atoms with Gasteiger partial charge in [-0.25, -0.2) is 9.50 Å². The average molecular weight is 89.1 g/mol. The van der Waals surface area contributed by atoms with Crippen LogP contribution in [0.2, 0.25) is 0 Å². The van der Waals surface area contributed by atoms with Crippen LogP contribution in [0.25, 0.3) is 0 Å². The second-order valence-corrected chi connectivity index (χ2v) is 0.854. The third-order valence-electron chi connectivity index (χ3n) is 0.374. The average Bonchev–Trinajstić information content (AvgIpc) is 1.61. The fourth-order valence-electron chi connectivity index (χ4n) is 0.131. The van der Waals surface area contributed by atoms with Gasteiger partial charge in [-0.05, 0) is 6.42 Å². The molecule has 0 saturated heterocycles. The Labute approximate surface area is 36.1 Å². The van der Waals surface area contributed by atoms with Crippen molar-refractivity contribution in [1.29, 1.82) is 0 Å². The molecule has 0 aliphatic rings. The Morgan fingerprint density at radius 1 is 1.67 bits per heavy atom. The molecule has 0 N–H and O–H groups in total. The molecule has 0 aliphatic carbocycles. The largest absolute Gasteiger partial charge is 0.236 e. The summed E-state index contributed by atoms with van der Waals surface area (Å²) in [7, 11) is 0. The molecule has 35 valence electrons. The molecule has 0 saturated carbocycles. The van der Waals surface area contributed by atoms with Gasteiger partial charge in [0.25, 0.3) is 0 Å². The lowest BCUT2D eigenvalue weighted by molar-refractivity contribution is 0.199. The molecule has 0 spiro atoms. The molecular weight excluding hydrogens is 83.0 g/mol. The molecule has 1 radical (unpaired) electrons. The molecule has 0 aromatic heterocycles. The van der Waals surface area contributed by atoms with Gasteiger partial charge in [0.05, 0.1) is 12.9 Å². The zero-order valence-corrected chi connectivity index (χ0v) is 3.36. The number of hydrogen-bond donors (Lipinski definition) is 0. The van der Waals surface area contributed by atoms with Gasteiger partial charge in [-0.2, -0.15) is 0 Å². The smallest absolute Gasteiger partial charge is 0.0857 e. The molecule has 0 unspecified atom stereocenters. The molecule has 1 nitrogen and oxygen atoms in total. The summed E-state index contributed by atoms with van der Waals surface area (Å²) in [6, 6.07) is 0. The normalized spacial score (nSPS) is 10.3. The fraction of sp³-hybridized carbons (Fsp3) is 0.500. The lowest BCUT2D eigenvalue weighted by Gasteiger charge is -1.71. The molecule has 0 bridgehead atoms. The Kier molecular flexibility index (Phi) is 4.34. The van der Waals surface area contributed by atoms with Crippen LogP contribution in [0, 0.1) is 0 Å². The van der Waals surface area contributed by atoms with Crippen LogP contribution in [0.1, 0.15) is 6.42 Å². The maximum Gasteiger partial charge on any atom is 0.0857 e. The van der Waals surface area contributed by atoms with E-state index in [1.165, 1.54) is 6.08 Å². The molecular formula is C4H6FO. The molecule has 0 aliphatic heterocycles. The number of hydrogen-bond acceptors (Lipinski definition) is 0. The summed E-state index contributed by atoms with van der Waals surface area (Å²) in [5, 5.41) is 9.47. The van der Waals surface area contributed by atoms with Crippen LogP contribution in [0.15, 0.2) is 12.4 Å². The molecule has 0 amide bonds. The predicted octanol–water partition coefficient (Wildman–Crippen LogP) is 1.29. The summed E-state index contributed by atoms with van der Waals surface area (Å²) in [6.07, 6.45) is 1.89. The lowest BCUT2D eigenvalue weighted by Crippen LogP contribution is -1.69. The summed E-state index contributed by atoms with van der Waals surface area (Å²) < 4.78 is 10.9. The first-order chi connectivity index (χ1) is 2.91. The van der Waals surface area contributed by atoms with Gasteiger partial charge in [-0.3, -0.25) is 0 Å². The highest BCUT2D eigenvalue weighted by Crippen LogP contribution is 1.78. The molecule has 0 fully saturated rings. The van der Waals surface area contributed by atoms with Crippen LogP contribution >= 0.6 is 0 Å². The van der Waals surface area contributed by atoms with Gasteiger partial charge in [-0.15, -0.1) is 0 Å². The fourth-order valence-corrected chi connectivity index (χ4v) is 0.131. The van der Waals surface area contributed by atoms with E-state index in [1.54, 1.807) is 0 Å². The van der Waals surface area contributed by atoms with Gasteiger partial charge in [0, 0.05) is 0 Å². The van der Waals surface area contributed by atoms with Crippen LogP contribution in [0.4, 0.5) is 4.39 Å². The van der Waals surface area contributed by atoms with Crippen molar-refractivity contribution in [3.63, 3.8) is 0 Å². The third kappa shape index (κ3) is 3.63.